The summed E-state index contributed by atoms with van der Waals surface area (Å²) in [5.41, 5.74) is 1.81. The van der Waals surface area contributed by atoms with Crippen LogP contribution >= 0.6 is 0 Å². The minimum Gasteiger partial charge on any atom is -0.490 e. The van der Waals surface area contributed by atoms with Crippen LogP contribution in [0.2, 0.25) is 0 Å². The Morgan fingerprint density at radius 1 is 1.11 bits per heavy atom. The lowest BCUT2D eigenvalue weighted by atomic mass is 9.48. The van der Waals surface area contributed by atoms with Crippen molar-refractivity contribution in [2.24, 2.45) is 23.2 Å². The molecule has 4 bridgehead atoms. The molecule has 148 valence electrons. The van der Waals surface area contributed by atoms with Gasteiger partial charge in [0.2, 0.25) is 0 Å². The first-order chi connectivity index (χ1) is 13.1. The topological polar surface area (TPSA) is 30.5 Å². The highest BCUT2D eigenvalue weighted by Gasteiger charge is 2.52. The highest BCUT2D eigenvalue weighted by atomic mass is 16.5. The summed E-state index contributed by atoms with van der Waals surface area (Å²) in [6.07, 6.45) is 10.6. The van der Waals surface area contributed by atoms with Crippen LogP contribution in [-0.2, 0) is 6.54 Å². The first kappa shape index (κ1) is 18.9. The van der Waals surface area contributed by atoms with Gasteiger partial charge in [-0.2, -0.15) is 0 Å². The molecule has 0 aromatic heterocycles. The first-order valence-electron chi connectivity index (χ1n) is 10.8. The van der Waals surface area contributed by atoms with Gasteiger partial charge >= 0.3 is 0 Å². The minimum absolute atomic E-state index is 0.501. The zero-order chi connectivity index (χ0) is 18.9. The Morgan fingerprint density at radius 2 is 1.78 bits per heavy atom. The van der Waals surface area contributed by atoms with Crippen LogP contribution in [0.25, 0.3) is 0 Å². The third-order valence-electron chi connectivity index (χ3n) is 7.28. The van der Waals surface area contributed by atoms with Gasteiger partial charge in [0.05, 0.1) is 6.61 Å². The third-order valence-corrected chi connectivity index (χ3v) is 7.28. The number of hydrogen-bond donors (Lipinski definition) is 1. The van der Waals surface area contributed by atoms with Crippen molar-refractivity contribution >= 4 is 0 Å². The van der Waals surface area contributed by atoms with Crippen LogP contribution in [0.5, 0.6) is 11.5 Å². The lowest BCUT2D eigenvalue weighted by Crippen LogP contribution is -2.54. The Morgan fingerprint density at radius 3 is 2.37 bits per heavy atom. The molecule has 3 heteroatoms. The Hall–Kier alpha value is -1.48. The molecule has 4 fully saturated rings. The summed E-state index contributed by atoms with van der Waals surface area (Å²) in [6, 6.07) is 6.89. The molecule has 5 rings (SSSR count). The van der Waals surface area contributed by atoms with Crippen LogP contribution in [0.1, 0.15) is 57.9 Å². The van der Waals surface area contributed by atoms with E-state index in [-0.39, 0.29) is 0 Å². The number of hydrogen-bond acceptors (Lipinski definition) is 3. The van der Waals surface area contributed by atoms with E-state index in [0.717, 1.165) is 35.8 Å². The number of ether oxygens (including phenoxy) is 2. The van der Waals surface area contributed by atoms with Crippen LogP contribution in [0, 0.1) is 23.2 Å². The smallest absolute Gasteiger partial charge is 0.161 e. The second-order valence-electron chi connectivity index (χ2n) is 9.20. The summed E-state index contributed by atoms with van der Waals surface area (Å²) < 4.78 is 11.5. The normalized spacial score (nSPS) is 32.3. The van der Waals surface area contributed by atoms with Gasteiger partial charge in [0, 0.05) is 12.6 Å². The molecule has 4 saturated carbocycles. The largest absolute Gasteiger partial charge is 0.490 e. The molecule has 0 unspecified atom stereocenters. The van der Waals surface area contributed by atoms with E-state index >= 15 is 0 Å². The van der Waals surface area contributed by atoms with E-state index in [4.69, 9.17) is 9.47 Å². The maximum absolute atomic E-state index is 5.79. The van der Waals surface area contributed by atoms with Gasteiger partial charge in [0.15, 0.2) is 11.5 Å². The Bertz CT molecular complexity index is 633. The quantitative estimate of drug-likeness (QED) is 0.596. The molecule has 1 aromatic carbocycles. The van der Waals surface area contributed by atoms with Crippen molar-refractivity contribution in [2.45, 2.75) is 65.0 Å². The van der Waals surface area contributed by atoms with E-state index in [9.17, 15) is 0 Å². The van der Waals surface area contributed by atoms with Gasteiger partial charge < -0.3 is 14.8 Å². The monoisotopic (exact) mass is 369 g/mol. The average Bonchev–Trinajstić information content (AvgIpc) is 2.64. The molecular weight excluding hydrogens is 334 g/mol. The van der Waals surface area contributed by atoms with E-state index < -0.39 is 0 Å². The van der Waals surface area contributed by atoms with Crippen LogP contribution in [0.3, 0.4) is 0 Å². The van der Waals surface area contributed by atoms with E-state index in [1.165, 1.54) is 44.1 Å². The predicted molar refractivity (Wildman–Crippen MR) is 110 cm³/mol. The van der Waals surface area contributed by atoms with E-state index in [0.29, 0.717) is 24.7 Å². The molecule has 0 spiro atoms. The molecule has 0 aliphatic heterocycles. The third kappa shape index (κ3) is 3.89. The SMILES string of the molecule is C=CCOc1ccc(CN[C@@H](C)C23CC4CC(CC(C4)C2)C3)cc1OCC. The number of benzene rings is 1. The Labute approximate surface area is 164 Å². The molecule has 0 heterocycles. The Kier molecular flexibility index (Phi) is 5.50. The van der Waals surface area contributed by atoms with Gasteiger partial charge in [-0.3, -0.25) is 0 Å². The molecular formula is C24H35NO2. The molecule has 1 N–H and O–H groups in total. The van der Waals surface area contributed by atoms with Crippen LogP contribution < -0.4 is 14.8 Å². The molecule has 0 saturated heterocycles. The number of rotatable bonds is 9. The van der Waals surface area contributed by atoms with Gasteiger partial charge in [-0.25, -0.2) is 0 Å². The van der Waals surface area contributed by atoms with Crippen LogP contribution in [0.4, 0.5) is 0 Å². The average molecular weight is 370 g/mol. The first-order valence-corrected chi connectivity index (χ1v) is 10.8. The summed E-state index contributed by atoms with van der Waals surface area (Å²) in [5.74, 6) is 4.65. The van der Waals surface area contributed by atoms with E-state index in [2.05, 4.69) is 31.0 Å². The summed E-state index contributed by atoms with van der Waals surface area (Å²) in [5, 5.41) is 3.88. The van der Waals surface area contributed by atoms with Crippen molar-refractivity contribution in [3.05, 3.63) is 36.4 Å². The van der Waals surface area contributed by atoms with Crippen molar-refractivity contribution < 1.29 is 9.47 Å². The second kappa shape index (κ2) is 7.87. The minimum atomic E-state index is 0.501. The Balaban J connectivity index is 1.40. The van der Waals surface area contributed by atoms with Crippen molar-refractivity contribution in [1.82, 2.24) is 5.32 Å². The maximum Gasteiger partial charge on any atom is 0.161 e. The van der Waals surface area contributed by atoms with Crippen LogP contribution in [-0.4, -0.2) is 19.3 Å². The van der Waals surface area contributed by atoms with Crippen molar-refractivity contribution in [3.8, 4) is 11.5 Å². The highest BCUT2D eigenvalue weighted by molar-refractivity contribution is 5.43. The second-order valence-corrected chi connectivity index (χ2v) is 9.20. The molecule has 0 radical (unpaired) electrons. The summed E-state index contributed by atoms with van der Waals surface area (Å²) in [4.78, 5) is 0. The fraction of sp³-hybridized carbons (Fsp3) is 0.667. The van der Waals surface area contributed by atoms with E-state index in [1.54, 1.807) is 6.08 Å². The van der Waals surface area contributed by atoms with Crippen LogP contribution in [0.15, 0.2) is 30.9 Å². The number of nitrogens with one attached hydrogen (secondary N) is 1. The molecule has 4 aliphatic rings. The fourth-order valence-electron chi connectivity index (χ4n) is 6.39. The molecule has 4 aliphatic carbocycles. The van der Waals surface area contributed by atoms with Gasteiger partial charge in [0.1, 0.15) is 6.61 Å². The zero-order valence-electron chi connectivity index (χ0n) is 17.0. The fourth-order valence-corrected chi connectivity index (χ4v) is 6.39. The van der Waals surface area contributed by atoms with Crippen molar-refractivity contribution in [3.63, 3.8) is 0 Å². The molecule has 27 heavy (non-hydrogen) atoms. The molecule has 3 nitrogen and oxygen atoms in total. The maximum atomic E-state index is 5.79. The summed E-state index contributed by atoms with van der Waals surface area (Å²) >= 11 is 0. The van der Waals surface area contributed by atoms with Gasteiger partial charge in [0.25, 0.3) is 0 Å². The lowest BCUT2D eigenvalue weighted by molar-refractivity contribution is -0.0706. The van der Waals surface area contributed by atoms with Gasteiger partial charge in [-0.15, -0.1) is 0 Å². The van der Waals surface area contributed by atoms with Gasteiger partial charge in [-0.1, -0.05) is 18.7 Å². The zero-order valence-corrected chi connectivity index (χ0v) is 17.0. The lowest BCUT2D eigenvalue weighted by Gasteiger charge is -2.59. The highest BCUT2D eigenvalue weighted by Crippen LogP contribution is 2.61. The van der Waals surface area contributed by atoms with E-state index in [1.807, 2.05) is 13.0 Å². The summed E-state index contributed by atoms with van der Waals surface area (Å²) in [7, 11) is 0. The van der Waals surface area contributed by atoms with Crippen molar-refractivity contribution in [1.29, 1.82) is 0 Å². The molecule has 1 aromatic rings. The summed E-state index contributed by atoms with van der Waals surface area (Å²) in [6.45, 7) is 10.2. The van der Waals surface area contributed by atoms with Gasteiger partial charge in [-0.05, 0) is 93.2 Å². The standard InChI is InChI=1S/C24H35NO2/c1-4-8-27-22-7-6-18(12-23(22)26-5-2)16-25-17(3)24-13-19-9-20(14-24)11-21(10-19)15-24/h4,6-7,12,17,19-21,25H,1,5,8-11,13-16H2,2-3H3/t17-,19?,20?,21?,24?/m0/s1. The van der Waals surface area contributed by atoms with Crippen molar-refractivity contribution in [2.75, 3.05) is 13.2 Å². The molecule has 1 atom stereocenters. The predicted octanol–water partition coefficient (Wildman–Crippen LogP) is 5.34. The molecule has 0 amide bonds.